The zero-order valence-corrected chi connectivity index (χ0v) is 10.8. The quantitative estimate of drug-likeness (QED) is 0.592. The molecule has 0 aromatic rings. The Bertz CT molecular complexity index is 242. The third-order valence-electron chi connectivity index (χ3n) is 2.58. The Morgan fingerprint density at radius 3 is 2.29 bits per heavy atom. The number of hydrogen-bond donors (Lipinski definition) is 2. The maximum absolute atomic E-state index is 11.4. The van der Waals surface area contributed by atoms with Gasteiger partial charge in [0.15, 0.2) is 0 Å². The van der Waals surface area contributed by atoms with Gasteiger partial charge in [-0.15, -0.1) is 0 Å². The first kappa shape index (κ1) is 16.1. The number of nitrogens with zero attached hydrogens (tertiary/aromatic N) is 1. The van der Waals surface area contributed by atoms with E-state index in [0.29, 0.717) is 26.1 Å². The number of ketones is 1. The molecular formula is C12H24N2O3. The molecule has 0 aliphatic rings. The molecule has 5 nitrogen and oxygen atoms in total. The molecule has 100 valence electrons. The predicted octanol–water partition coefficient (Wildman–Crippen LogP) is 0.727. The van der Waals surface area contributed by atoms with Crippen molar-refractivity contribution in [1.82, 2.24) is 4.90 Å². The number of carbonyl (C=O) groups excluding carboxylic acids is 1. The van der Waals surface area contributed by atoms with Crippen LogP contribution < -0.4 is 5.73 Å². The van der Waals surface area contributed by atoms with E-state index in [4.69, 9.17) is 10.8 Å². The van der Waals surface area contributed by atoms with Gasteiger partial charge in [0, 0.05) is 12.3 Å². The van der Waals surface area contributed by atoms with E-state index in [0.717, 1.165) is 12.8 Å². The summed E-state index contributed by atoms with van der Waals surface area (Å²) >= 11 is 0. The summed E-state index contributed by atoms with van der Waals surface area (Å²) in [6.45, 7) is 5.66. The Morgan fingerprint density at radius 2 is 1.82 bits per heavy atom. The molecule has 0 saturated carbocycles. The molecule has 0 spiro atoms. The Kier molecular flexibility index (Phi) is 8.62. The van der Waals surface area contributed by atoms with Crippen molar-refractivity contribution in [2.24, 2.45) is 11.7 Å². The lowest BCUT2D eigenvalue weighted by Crippen LogP contribution is -2.33. The van der Waals surface area contributed by atoms with Gasteiger partial charge in [0.1, 0.15) is 5.78 Å². The van der Waals surface area contributed by atoms with Gasteiger partial charge in [-0.3, -0.25) is 14.5 Å². The minimum Gasteiger partial charge on any atom is -0.480 e. The van der Waals surface area contributed by atoms with Gasteiger partial charge in [0.05, 0.1) is 6.54 Å². The second-order valence-electron chi connectivity index (χ2n) is 4.54. The lowest BCUT2D eigenvalue weighted by molar-refractivity contribution is -0.138. The van der Waals surface area contributed by atoms with Crippen LogP contribution in [0.1, 0.15) is 33.1 Å². The highest BCUT2D eigenvalue weighted by Crippen LogP contribution is 2.03. The standard InChI is InChI=1S/C12H24N2O3/c1-10(2)11(15)5-3-7-14(8-4-6-13)9-12(16)17/h10H,3-9,13H2,1-2H3,(H,16,17). The normalized spacial score (nSPS) is 11.1. The number of rotatable bonds is 10. The van der Waals surface area contributed by atoms with Crippen molar-refractivity contribution in [2.45, 2.75) is 33.1 Å². The summed E-state index contributed by atoms with van der Waals surface area (Å²) in [7, 11) is 0. The lowest BCUT2D eigenvalue weighted by Gasteiger charge is -2.19. The third-order valence-corrected chi connectivity index (χ3v) is 2.58. The van der Waals surface area contributed by atoms with Crippen LogP contribution in [-0.2, 0) is 9.59 Å². The Balaban J connectivity index is 3.90. The third kappa shape index (κ3) is 8.83. The zero-order valence-electron chi connectivity index (χ0n) is 10.8. The molecule has 0 bridgehead atoms. The number of aliphatic carboxylic acids is 1. The van der Waals surface area contributed by atoms with Crippen molar-refractivity contribution in [3.05, 3.63) is 0 Å². The largest absolute Gasteiger partial charge is 0.480 e. The lowest BCUT2D eigenvalue weighted by atomic mass is 10.0. The molecule has 0 saturated heterocycles. The zero-order chi connectivity index (χ0) is 13.3. The first-order chi connectivity index (χ1) is 7.97. The summed E-state index contributed by atoms with van der Waals surface area (Å²) in [4.78, 5) is 23.9. The molecule has 0 fully saturated rings. The van der Waals surface area contributed by atoms with Crippen molar-refractivity contribution in [1.29, 1.82) is 0 Å². The van der Waals surface area contributed by atoms with Gasteiger partial charge in [-0.05, 0) is 32.5 Å². The molecule has 0 aromatic carbocycles. The molecule has 3 N–H and O–H groups in total. The average molecular weight is 244 g/mol. The van der Waals surface area contributed by atoms with E-state index in [1.54, 1.807) is 0 Å². The van der Waals surface area contributed by atoms with Crippen LogP contribution in [0.25, 0.3) is 0 Å². The van der Waals surface area contributed by atoms with Crippen LogP contribution in [0.5, 0.6) is 0 Å². The minimum atomic E-state index is -0.836. The van der Waals surface area contributed by atoms with E-state index in [1.807, 2.05) is 18.7 Å². The maximum atomic E-state index is 11.4. The molecule has 0 unspecified atom stereocenters. The number of carboxylic acids is 1. The Hall–Kier alpha value is -0.940. The van der Waals surface area contributed by atoms with Gasteiger partial charge in [0.25, 0.3) is 0 Å². The number of carbonyl (C=O) groups is 2. The highest BCUT2D eigenvalue weighted by atomic mass is 16.4. The maximum Gasteiger partial charge on any atom is 0.317 e. The van der Waals surface area contributed by atoms with E-state index < -0.39 is 5.97 Å². The van der Waals surface area contributed by atoms with Crippen LogP contribution in [0.3, 0.4) is 0 Å². The van der Waals surface area contributed by atoms with Gasteiger partial charge in [-0.1, -0.05) is 13.8 Å². The SMILES string of the molecule is CC(C)C(=O)CCCN(CCCN)CC(=O)O. The molecule has 0 aliphatic heterocycles. The monoisotopic (exact) mass is 244 g/mol. The van der Waals surface area contributed by atoms with Gasteiger partial charge in [0.2, 0.25) is 0 Å². The summed E-state index contributed by atoms with van der Waals surface area (Å²) in [6, 6.07) is 0. The molecule has 17 heavy (non-hydrogen) atoms. The number of hydrogen-bond acceptors (Lipinski definition) is 4. The van der Waals surface area contributed by atoms with Crippen LogP contribution in [0.15, 0.2) is 0 Å². The average Bonchev–Trinajstić information content (AvgIpc) is 2.24. The molecule has 0 aromatic heterocycles. The molecule has 0 rings (SSSR count). The molecule has 0 atom stereocenters. The van der Waals surface area contributed by atoms with E-state index in [9.17, 15) is 9.59 Å². The van der Waals surface area contributed by atoms with Gasteiger partial charge in [-0.25, -0.2) is 0 Å². The van der Waals surface area contributed by atoms with Crippen molar-refractivity contribution >= 4 is 11.8 Å². The first-order valence-electron chi connectivity index (χ1n) is 6.14. The van der Waals surface area contributed by atoms with Crippen LogP contribution in [0, 0.1) is 5.92 Å². The second-order valence-corrected chi connectivity index (χ2v) is 4.54. The Labute approximate surface area is 103 Å². The minimum absolute atomic E-state index is 0.0237. The number of carboxylic acid groups (broad SMARTS) is 1. The Morgan fingerprint density at radius 1 is 1.24 bits per heavy atom. The van der Waals surface area contributed by atoms with Crippen LogP contribution >= 0.6 is 0 Å². The van der Waals surface area contributed by atoms with E-state index in [-0.39, 0.29) is 18.2 Å². The fraction of sp³-hybridized carbons (Fsp3) is 0.833. The summed E-state index contributed by atoms with van der Waals surface area (Å²) in [5.74, 6) is -0.539. The number of Topliss-reactive ketones (excluding diaryl/α,β-unsaturated/α-hetero) is 1. The summed E-state index contributed by atoms with van der Waals surface area (Å²) in [5.41, 5.74) is 5.40. The summed E-state index contributed by atoms with van der Waals surface area (Å²) in [6.07, 6.45) is 2.02. The molecule has 0 radical (unpaired) electrons. The molecule has 0 amide bonds. The fourth-order valence-corrected chi connectivity index (χ4v) is 1.54. The molecule has 5 heteroatoms. The van der Waals surface area contributed by atoms with Crippen molar-refractivity contribution in [2.75, 3.05) is 26.2 Å². The summed E-state index contributed by atoms with van der Waals surface area (Å²) in [5, 5.41) is 8.74. The molecular weight excluding hydrogens is 220 g/mol. The van der Waals surface area contributed by atoms with Crippen molar-refractivity contribution in [3.63, 3.8) is 0 Å². The predicted molar refractivity (Wildman–Crippen MR) is 66.8 cm³/mol. The van der Waals surface area contributed by atoms with E-state index in [2.05, 4.69) is 0 Å². The molecule has 0 aliphatic carbocycles. The van der Waals surface area contributed by atoms with Gasteiger partial charge < -0.3 is 10.8 Å². The van der Waals surface area contributed by atoms with Crippen molar-refractivity contribution < 1.29 is 14.7 Å². The topological polar surface area (TPSA) is 83.6 Å². The van der Waals surface area contributed by atoms with Gasteiger partial charge >= 0.3 is 5.97 Å². The van der Waals surface area contributed by atoms with Crippen LogP contribution in [-0.4, -0.2) is 47.9 Å². The van der Waals surface area contributed by atoms with Crippen molar-refractivity contribution in [3.8, 4) is 0 Å². The highest BCUT2D eigenvalue weighted by molar-refractivity contribution is 5.80. The smallest absolute Gasteiger partial charge is 0.317 e. The summed E-state index contributed by atoms with van der Waals surface area (Å²) < 4.78 is 0. The second kappa shape index (κ2) is 9.13. The number of nitrogens with two attached hydrogens (primary N) is 1. The fourth-order valence-electron chi connectivity index (χ4n) is 1.54. The van der Waals surface area contributed by atoms with Gasteiger partial charge in [-0.2, -0.15) is 0 Å². The van der Waals surface area contributed by atoms with E-state index >= 15 is 0 Å². The highest BCUT2D eigenvalue weighted by Gasteiger charge is 2.11. The first-order valence-corrected chi connectivity index (χ1v) is 6.14. The van der Waals surface area contributed by atoms with Crippen LogP contribution in [0.4, 0.5) is 0 Å². The van der Waals surface area contributed by atoms with Crippen LogP contribution in [0.2, 0.25) is 0 Å². The van der Waals surface area contributed by atoms with E-state index in [1.165, 1.54) is 0 Å². The molecule has 0 heterocycles.